The molecule has 5 nitrogen and oxygen atoms in total. The summed E-state index contributed by atoms with van der Waals surface area (Å²) in [5.41, 5.74) is 7.72. The van der Waals surface area contributed by atoms with Crippen LogP contribution < -0.4 is 11.1 Å². The predicted octanol–water partition coefficient (Wildman–Crippen LogP) is 1.88. The summed E-state index contributed by atoms with van der Waals surface area (Å²) in [6.07, 6.45) is 3.23. The van der Waals surface area contributed by atoms with Gasteiger partial charge < -0.3 is 11.1 Å². The molecule has 1 aliphatic carbocycles. The highest BCUT2D eigenvalue weighted by molar-refractivity contribution is 6.00. The van der Waals surface area contributed by atoms with Gasteiger partial charge in [-0.3, -0.25) is 4.79 Å². The summed E-state index contributed by atoms with van der Waals surface area (Å²) in [4.78, 5) is 20.4. The van der Waals surface area contributed by atoms with Crippen molar-refractivity contribution in [3.8, 4) is 11.3 Å². The molecule has 1 heterocycles. The van der Waals surface area contributed by atoms with Gasteiger partial charge in [0, 0.05) is 17.4 Å². The molecule has 0 saturated heterocycles. The topological polar surface area (TPSA) is 80.9 Å². The molecule has 1 amide bonds. The van der Waals surface area contributed by atoms with E-state index < -0.39 is 5.54 Å². The zero-order valence-corrected chi connectivity index (χ0v) is 11.3. The van der Waals surface area contributed by atoms with Gasteiger partial charge in [0.25, 0.3) is 0 Å². The first-order valence-corrected chi connectivity index (χ1v) is 6.57. The quantitative estimate of drug-likeness (QED) is 0.890. The molecule has 0 unspecified atom stereocenters. The molecule has 3 N–H and O–H groups in total. The molecule has 102 valence electrons. The Labute approximate surface area is 117 Å². The third-order valence-corrected chi connectivity index (χ3v) is 3.43. The van der Waals surface area contributed by atoms with E-state index in [1.165, 1.54) is 0 Å². The minimum atomic E-state index is -0.665. The standard InChI is InChI=1S/C15H16N4O/c1-10-17-8-5-13(18-10)11-3-2-4-12(9-11)19-14(20)15(16)6-7-15/h2-5,8-9H,6-7,16H2,1H3,(H,19,20). The van der Waals surface area contributed by atoms with E-state index in [-0.39, 0.29) is 5.91 Å². The molecular formula is C15H16N4O. The minimum absolute atomic E-state index is 0.117. The summed E-state index contributed by atoms with van der Waals surface area (Å²) < 4.78 is 0. The van der Waals surface area contributed by atoms with Gasteiger partial charge in [-0.25, -0.2) is 9.97 Å². The van der Waals surface area contributed by atoms with E-state index in [0.29, 0.717) is 0 Å². The molecule has 20 heavy (non-hydrogen) atoms. The number of anilines is 1. The van der Waals surface area contributed by atoms with Gasteiger partial charge in [-0.15, -0.1) is 0 Å². The molecule has 0 bridgehead atoms. The summed E-state index contributed by atoms with van der Waals surface area (Å²) in [6.45, 7) is 1.85. The van der Waals surface area contributed by atoms with Gasteiger partial charge in [0.05, 0.1) is 11.2 Å². The fourth-order valence-electron chi connectivity index (χ4n) is 1.99. The van der Waals surface area contributed by atoms with Crippen LogP contribution in [0.3, 0.4) is 0 Å². The number of hydrogen-bond donors (Lipinski definition) is 2. The van der Waals surface area contributed by atoms with Crippen LogP contribution >= 0.6 is 0 Å². The second-order valence-electron chi connectivity index (χ2n) is 5.18. The summed E-state index contributed by atoms with van der Waals surface area (Å²) in [6, 6.07) is 9.43. The van der Waals surface area contributed by atoms with Crippen LogP contribution in [-0.2, 0) is 4.79 Å². The fourth-order valence-corrected chi connectivity index (χ4v) is 1.99. The number of carbonyl (C=O) groups is 1. The van der Waals surface area contributed by atoms with Crippen molar-refractivity contribution in [3.05, 3.63) is 42.4 Å². The van der Waals surface area contributed by atoms with Crippen molar-refractivity contribution in [1.29, 1.82) is 0 Å². The lowest BCUT2D eigenvalue weighted by Crippen LogP contribution is -2.37. The van der Waals surface area contributed by atoms with Crippen molar-refractivity contribution >= 4 is 11.6 Å². The van der Waals surface area contributed by atoms with Crippen LogP contribution in [0.5, 0.6) is 0 Å². The molecule has 1 aromatic carbocycles. The molecule has 5 heteroatoms. The lowest BCUT2D eigenvalue weighted by molar-refractivity contribution is -0.118. The Hall–Kier alpha value is -2.27. The minimum Gasteiger partial charge on any atom is -0.324 e. The van der Waals surface area contributed by atoms with Gasteiger partial charge in [0.2, 0.25) is 5.91 Å². The van der Waals surface area contributed by atoms with Gasteiger partial charge in [-0.05, 0) is 38.0 Å². The van der Waals surface area contributed by atoms with Crippen LogP contribution in [0.2, 0.25) is 0 Å². The molecule has 0 aliphatic heterocycles. The van der Waals surface area contributed by atoms with Gasteiger partial charge >= 0.3 is 0 Å². The average Bonchev–Trinajstić information content (AvgIpc) is 3.18. The van der Waals surface area contributed by atoms with Crippen LogP contribution in [0.25, 0.3) is 11.3 Å². The summed E-state index contributed by atoms with van der Waals surface area (Å²) >= 11 is 0. The van der Waals surface area contributed by atoms with E-state index in [2.05, 4.69) is 15.3 Å². The van der Waals surface area contributed by atoms with E-state index in [1.807, 2.05) is 37.3 Å². The second kappa shape index (κ2) is 4.68. The van der Waals surface area contributed by atoms with E-state index in [9.17, 15) is 4.79 Å². The molecule has 0 spiro atoms. The number of rotatable bonds is 3. The average molecular weight is 268 g/mol. The third-order valence-electron chi connectivity index (χ3n) is 3.43. The number of nitrogens with one attached hydrogen (secondary N) is 1. The second-order valence-corrected chi connectivity index (χ2v) is 5.18. The zero-order valence-electron chi connectivity index (χ0n) is 11.3. The zero-order chi connectivity index (χ0) is 14.2. The van der Waals surface area contributed by atoms with E-state index in [0.717, 1.165) is 35.6 Å². The van der Waals surface area contributed by atoms with Gasteiger partial charge in [-0.1, -0.05) is 12.1 Å². The number of nitrogens with two attached hydrogens (primary N) is 1. The lowest BCUT2D eigenvalue weighted by atomic mass is 10.1. The first kappa shape index (κ1) is 12.7. The molecular weight excluding hydrogens is 252 g/mol. The molecule has 1 fully saturated rings. The maximum absolute atomic E-state index is 11.9. The molecule has 0 radical (unpaired) electrons. The molecule has 1 aliphatic rings. The summed E-state index contributed by atoms with van der Waals surface area (Å²) in [5, 5.41) is 2.86. The Morgan fingerprint density at radius 1 is 1.35 bits per heavy atom. The van der Waals surface area contributed by atoms with Gasteiger partial charge in [-0.2, -0.15) is 0 Å². The Balaban J connectivity index is 1.84. The number of aromatic nitrogens is 2. The molecule has 1 aromatic heterocycles. The van der Waals surface area contributed by atoms with Crippen molar-refractivity contribution in [2.24, 2.45) is 5.73 Å². The molecule has 1 saturated carbocycles. The summed E-state index contributed by atoms with van der Waals surface area (Å²) in [7, 11) is 0. The smallest absolute Gasteiger partial charge is 0.244 e. The predicted molar refractivity (Wildman–Crippen MR) is 77.0 cm³/mol. The highest BCUT2D eigenvalue weighted by Crippen LogP contribution is 2.33. The Kier molecular flexibility index (Phi) is 2.99. The monoisotopic (exact) mass is 268 g/mol. The Morgan fingerprint density at radius 2 is 2.15 bits per heavy atom. The number of hydrogen-bond acceptors (Lipinski definition) is 4. The van der Waals surface area contributed by atoms with Crippen LogP contribution in [0.1, 0.15) is 18.7 Å². The van der Waals surface area contributed by atoms with Crippen molar-refractivity contribution in [1.82, 2.24) is 9.97 Å². The highest BCUT2D eigenvalue weighted by atomic mass is 16.2. The van der Waals surface area contributed by atoms with Crippen molar-refractivity contribution in [2.45, 2.75) is 25.3 Å². The largest absolute Gasteiger partial charge is 0.324 e. The fraction of sp³-hybridized carbons (Fsp3) is 0.267. The van der Waals surface area contributed by atoms with Crippen molar-refractivity contribution in [3.63, 3.8) is 0 Å². The van der Waals surface area contributed by atoms with Crippen LogP contribution in [-0.4, -0.2) is 21.4 Å². The number of amides is 1. The first-order valence-electron chi connectivity index (χ1n) is 6.57. The Morgan fingerprint density at radius 3 is 2.85 bits per heavy atom. The third kappa shape index (κ3) is 2.53. The SMILES string of the molecule is Cc1nccc(-c2cccc(NC(=O)C3(N)CC3)c2)n1. The van der Waals surface area contributed by atoms with Crippen LogP contribution in [0, 0.1) is 6.92 Å². The number of aryl methyl sites for hydroxylation is 1. The number of carbonyl (C=O) groups excluding carboxylic acids is 1. The highest BCUT2D eigenvalue weighted by Gasteiger charge is 2.45. The van der Waals surface area contributed by atoms with E-state index in [1.54, 1.807) is 6.20 Å². The Bertz CT molecular complexity index is 664. The van der Waals surface area contributed by atoms with Crippen LogP contribution in [0.15, 0.2) is 36.5 Å². The van der Waals surface area contributed by atoms with Crippen molar-refractivity contribution in [2.75, 3.05) is 5.32 Å². The number of benzene rings is 1. The maximum Gasteiger partial charge on any atom is 0.244 e. The first-order chi connectivity index (χ1) is 9.57. The van der Waals surface area contributed by atoms with E-state index in [4.69, 9.17) is 5.73 Å². The lowest BCUT2D eigenvalue weighted by Gasteiger charge is -2.11. The summed E-state index contributed by atoms with van der Waals surface area (Å²) in [5.74, 6) is 0.601. The molecule has 3 rings (SSSR count). The van der Waals surface area contributed by atoms with Gasteiger partial charge in [0.1, 0.15) is 5.82 Å². The molecule has 0 atom stereocenters. The van der Waals surface area contributed by atoms with Crippen LogP contribution in [0.4, 0.5) is 5.69 Å². The van der Waals surface area contributed by atoms with Gasteiger partial charge in [0.15, 0.2) is 0 Å². The number of nitrogens with zero attached hydrogens (tertiary/aromatic N) is 2. The van der Waals surface area contributed by atoms with Crippen molar-refractivity contribution < 1.29 is 4.79 Å². The van der Waals surface area contributed by atoms with E-state index >= 15 is 0 Å². The normalized spacial score (nSPS) is 15.7. The molecule has 2 aromatic rings. The maximum atomic E-state index is 11.9.